The lowest BCUT2D eigenvalue weighted by Gasteiger charge is -2.09. The first kappa shape index (κ1) is 14.8. The molecule has 0 unspecified atom stereocenters. The van der Waals surface area contributed by atoms with Crippen LogP contribution in [0.15, 0.2) is 11.1 Å². The number of ketones is 1. The Balaban J connectivity index is 4.80. The third-order valence-corrected chi connectivity index (χ3v) is 2.22. The molecule has 16 heavy (non-hydrogen) atoms. The van der Waals surface area contributed by atoms with E-state index in [-0.39, 0.29) is 12.3 Å². The zero-order valence-corrected chi connectivity index (χ0v) is 10.3. The molecule has 0 amide bonds. The van der Waals surface area contributed by atoms with Crippen molar-refractivity contribution in [1.29, 1.82) is 0 Å². The predicted molar refractivity (Wildman–Crippen MR) is 62.9 cm³/mol. The van der Waals surface area contributed by atoms with Crippen molar-refractivity contribution in [2.45, 2.75) is 40.0 Å². The fourth-order valence-electron chi connectivity index (χ4n) is 1.34. The minimum absolute atomic E-state index is 0.0618. The average Bonchev–Trinajstić information content (AvgIpc) is 2.31. The van der Waals surface area contributed by atoms with Crippen LogP contribution in [0.4, 0.5) is 0 Å². The fourth-order valence-corrected chi connectivity index (χ4v) is 1.34. The third-order valence-electron chi connectivity index (χ3n) is 2.22. The molecule has 0 atom stereocenters. The summed E-state index contributed by atoms with van der Waals surface area (Å²) in [4.78, 5) is 23.1. The summed E-state index contributed by atoms with van der Waals surface area (Å²) < 4.78 is 4.99. The number of nitrogens with two attached hydrogens (primary N) is 1. The number of carbonyl (C=O) groups excluding carboxylic acids is 2. The highest BCUT2D eigenvalue weighted by atomic mass is 16.5. The standard InChI is InChI=1S/C12H21NO3/c1-4-6-10(11(14)8-13)9(3)12(15)16-7-5-2/h4-8,13H2,1-3H3. The maximum atomic E-state index is 11.6. The van der Waals surface area contributed by atoms with Gasteiger partial charge in [-0.1, -0.05) is 20.3 Å². The van der Waals surface area contributed by atoms with Gasteiger partial charge in [0, 0.05) is 11.1 Å². The molecule has 92 valence electrons. The summed E-state index contributed by atoms with van der Waals surface area (Å²) in [5.74, 6) is -0.583. The lowest BCUT2D eigenvalue weighted by Crippen LogP contribution is -2.20. The second-order valence-electron chi connectivity index (χ2n) is 3.62. The molecular formula is C12H21NO3. The Kier molecular flexibility index (Phi) is 7.46. The predicted octanol–water partition coefficient (Wildman–Crippen LogP) is 1.58. The summed E-state index contributed by atoms with van der Waals surface area (Å²) in [6, 6.07) is 0. The van der Waals surface area contributed by atoms with E-state index in [0.29, 0.717) is 24.2 Å². The molecule has 0 fully saturated rings. The van der Waals surface area contributed by atoms with Gasteiger partial charge in [0.1, 0.15) is 0 Å². The number of carbonyl (C=O) groups is 2. The smallest absolute Gasteiger partial charge is 0.334 e. The number of hydrogen-bond donors (Lipinski definition) is 1. The molecular weight excluding hydrogens is 206 g/mol. The van der Waals surface area contributed by atoms with E-state index in [1.165, 1.54) is 0 Å². The zero-order chi connectivity index (χ0) is 12.6. The summed E-state index contributed by atoms with van der Waals surface area (Å²) >= 11 is 0. The number of ether oxygens (including phenoxy) is 1. The van der Waals surface area contributed by atoms with Crippen LogP contribution >= 0.6 is 0 Å². The summed E-state index contributed by atoms with van der Waals surface area (Å²) in [6.45, 7) is 5.81. The van der Waals surface area contributed by atoms with Crippen LogP contribution in [0.25, 0.3) is 0 Å². The Bertz CT molecular complexity index is 282. The Hall–Kier alpha value is -1.16. The molecule has 0 aliphatic heterocycles. The highest BCUT2D eigenvalue weighted by molar-refractivity contribution is 6.04. The van der Waals surface area contributed by atoms with Gasteiger partial charge >= 0.3 is 5.97 Å². The van der Waals surface area contributed by atoms with Gasteiger partial charge in [0.2, 0.25) is 0 Å². The van der Waals surface area contributed by atoms with Gasteiger partial charge in [-0.15, -0.1) is 0 Å². The third kappa shape index (κ3) is 4.57. The summed E-state index contributed by atoms with van der Waals surface area (Å²) in [7, 11) is 0. The summed E-state index contributed by atoms with van der Waals surface area (Å²) in [5, 5.41) is 0. The minimum Gasteiger partial charge on any atom is -0.462 e. The lowest BCUT2D eigenvalue weighted by atomic mass is 10.0. The molecule has 0 rings (SSSR count). The van der Waals surface area contributed by atoms with Crippen molar-refractivity contribution >= 4 is 11.8 Å². The van der Waals surface area contributed by atoms with Crippen LogP contribution in [-0.4, -0.2) is 24.9 Å². The molecule has 0 radical (unpaired) electrons. The molecule has 0 aliphatic carbocycles. The molecule has 0 aromatic rings. The maximum Gasteiger partial charge on any atom is 0.334 e. The monoisotopic (exact) mass is 227 g/mol. The number of rotatable bonds is 7. The van der Waals surface area contributed by atoms with Crippen molar-refractivity contribution in [3.63, 3.8) is 0 Å². The highest BCUT2D eigenvalue weighted by Gasteiger charge is 2.16. The first-order chi connectivity index (χ1) is 7.58. The molecule has 0 aromatic heterocycles. The van der Waals surface area contributed by atoms with Crippen molar-refractivity contribution in [3.05, 3.63) is 11.1 Å². The van der Waals surface area contributed by atoms with Gasteiger partial charge in [-0.25, -0.2) is 4.79 Å². The first-order valence-corrected chi connectivity index (χ1v) is 5.68. The average molecular weight is 227 g/mol. The molecule has 0 saturated heterocycles. The Morgan fingerprint density at radius 3 is 2.25 bits per heavy atom. The number of hydrogen-bond acceptors (Lipinski definition) is 4. The Morgan fingerprint density at radius 1 is 1.19 bits per heavy atom. The SMILES string of the molecule is CCCOC(=O)C(C)=C(CCC)C(=O)CN. The van der Waals surface area contributed by atoms with E-state index in [4.69, 9.17) is 10.5 Å². The zero-order valence-electron chi connectivity index (χ0n) is 10.3. The van der Waals surface area contributed by atoms with Crippen LogP contribution in [0.3, 0.4) is 0 Å². The van der Waals surface area contributed by atoms with Crippen LogP contribution in [0.1, 0.15) is 40.0 Å². The van der Waals surface area contributed by atoms with Crippen molar-refractivity contribution in [3.8, 4) is 0 Å². The molecule has 0 aromatic carbocycles. The van der Waals surface area contributed by atoms with Crippen LogP contribution in [0.2, 0.25) is 0 Å². The second kappa shape index (κ2) is 8.05. The normalized spacial score (nSPS) is 12.0. The summed E-state index contributed by atoms with van der Waals surface area (Å²) in [5.41, 5.74) is 6.21. The van der Waals surface area contributed by atoms with Gasteiger partial charge in [0.15, 0.2) is 5.78 Å². The number of Topliss-reactive ketones (excluding diaryl/α,β-unsaturated/α-hetero) is 1. The second-order valence-corrected chi connectivity index (χ2v) is 3.62. The van der Waals surface area contributed by atoms with Crippen molar-refractivity contribution < 1.29 is 14.3 Å². The largest absolute Gasteiger partial charge is 0.462 e. The molecule has 2 N–H and O–H groups in total. The van der Waals surface area contributed by atoms with E-state index in [1.54, 1.807) is 6.92 Å². The van der Waals surface area contributed by atoms with E-state index >= 15 is 0 Å². The molecule has 0 saturated carbocycles. The molecule has 0 spiro atoms. The Morgan fingerprint density at radius 2 is 1.81 bits per heavy atom. The van der Waals surface area contributed by atoms with Gasteiger partial charge < -0.3 is 10.5 Å². The molecule has 0 heterocycles. The summed E-state index contributed by atoms with van der Waals surface area (Å²) in [6.07, 6.45) is 2.15. The maximum absolute atomic E-state index is 11.6. The van der Waals surface area contributed by atoms with Crippen LogP contribution in [-0.2, 0) is 14.3 Å². The van der Waals surface area contributed by atoms with E-state index < -0.39 is 5.97 Å². The topological polar surface area (TPSA) is 69.4 Å². The van der Waals surface area contributed by atoms with Gasteiger partial charge in [-0.2, -0.15) is 0 Å². The Labute approximate surface area is 96.8 Å². The van der Waals surface area contributed by atoms with Gasteiger partial charge in [0.25, 0.3) is 0 Å². The molecule has 0 bridgehead atoms. The van der Waals surface area contributed by atoms with Gasteiger partial charge in [-0.3, -0.25) is 4.79 Å². The van der Waals surface area contributed by atoms with Crippen LogP contribution in [0.5, 0.6) is 0 Å². The lowest BCUT2D eigenvalue weighted by molar-refractivity contribution is -0.139. The van der Waals surface area contributed by atoms with E-state index in [1.807, 2.05) is 13.8 Å². The number of esters is 1. The van der Waals surface area contributed by atoms with E-state index in [0.717, 1.165) is 12.8 Å². The minimum atomic E-state index is -0.410. The van der Waals surface area contributed by atoms with Crippen molar-refractivity contribution in [2.75, 3.05) is 13.2 Å². The van der Waals surface area contributed by atoms with E-state index in [9.17, 15) is 9.59 Å². The molecule has 4 heteroatoms. The van der Waals surface area contributed by atoms with Gasteiger partial charge in [-0.05, 0) is 19.8 Å². The van der Waals surface area contributed by atoms with Crippen LogP contribution in [0, 0.1) is 0 Å². The van der Waals surface area contributed by atoms with Crippen LogP contribution < -0.4 is 5.73 Å². The highest BCUT2D eigenvalue weighted by Crippen LogP contribution is 2.13. The first-order valence-electron chi connectivity index (χ1n) is 5.68. The quantitative estimate of drug-likeness (QED) is 0.529. The van der Waals surface area contributed by atoms with Gasteiger partial charge in [0.05, 0.1) is 13.2 Å². The molecule has 4 nitrogen and oxygen atoms in total. The van der Waals surface area contributed by atoms with Crippen molar-refractivity contribution in [2.24, 2.45) is 5.73 Å². The fraction of sp³-hybridized carbons (Fsp3) is 0.667. The molecule has 0 aliphatic rings. The van der Waals surface area contributed by atoms with E-state index in [2.05, 4.69) is 0 Å². The van der Waals surface area contributed by atoms with Crippen molar-refractivity contribution in [1.82, 2.24) is 0 Å².